The van der Waals surface area contributed by atoms with Crippen LogP contribution in [-0.4, -0.2) is 36.2 Å². The first-order chi connectivity index (χ1) is 11.7. The topological polar surface area (TPSA) is 20.3 Å². The molecule has 1 aromatic carbocycles. The predicted octanol–water partition coefficient (Wildman–Crippen LogP) is 4.91. The molecule has 1 aromatic rings. The maximum Gasteiger partial charge on any atom is 0.417 e. The second-order valence-corrected chi connectivity index (χ2v) is 5.97. The van der Waals surface area contributed by atoms with Gasteiger partial charge in [-0.2, -0.15) is 39.5 Å². The van der Waals surface area contributed by atoms with E-state index < -0.39 is 66.9 Å². The summed E-state index contributed by atoms with van der Waals surface area (Å²) < 4.78 is 116. The van der Waals surface area contributed by atoms with E-state index in [4.69, 9.17) is 0 Å². The number of rotatable bonds is 1. The van der Waals surface area contributed by atoms with Gasteiger partial charge in [0.2, 0.25) is 0 Å². The van der Waals surface area contributed by atoms with Crippen LogP contribution in [0.15, 0.2) is 24.3 Å². The van der Waals surface area contributed by atoms with Crippen molar-refractivity contribution in [1.29, 1.82) is 0 Å². The summed E-state index contributed by atoms with van der Waals surface area (Å²) >= 11 is 0. The third-order valence-corrected chi connectivity index (χ3v) is 4.13. The van der Waals surface area contributed by atoms with E-state index in [1.54, 1.807) is 0 Å². The molecule has 2 atom stereocenters. The van der Waals surface area contributed by atoms with E-state index in [0.717, 1.165) is 18.2 Å². The van der Waals surface area contributed by atoms with Crippen LogP contribution >= 0.6 is 0 Å². The SMILES string of the molecule is O=C(c1ccccc1C(F)(F)F)N1C[C@H](C(F)(F)F)C[C@H](C(F)(F)F)C1. The first kappa shape index (κ1) is 20.4. The molecular formula is C15H12F9NO. The minimum Gasteiger partial charge on any atom is -0.337 e. The lowest BCUT2D eigenvalue weighted by Crippen LogP contribution is -2.51. The molecule has 0 unspecified atom stereocenters. The molecule has 1 amide bonds. The number of carbonyl (C=O) groups is 1. The maximum absolute atomic E-state index is 13.0. The van der Waals surface area contributed by atoms with Crippen molar-refractivity contribution in [3.05, 3.63) is 35.4 Å². The van der Waals surface area contributed by atoms with Crippen molar-refractivity contribution in [2.45, 2.75) is 24.9 Å². The molecule has 0 N–H and O–H groups in total. The number of benzene rings is 1. The van der Waals surface area contributed by atoms with Crippen LogP contribution in [-0.2, 0) is 6.18 Å². The molecule has 0 radical (unpaired) electrons. The van der Waals surface area contributed by atoms with Crippen LogP contribution in [0.25, 0.3) is 0 Å². The standard InChI is InChI=1S/C15H12F9NO/c16-13(17,18)8-5-9(14(19,20)21)7-25(6-8)12(26)10-3-1-2-4-11(10)15(22,23)24/h1-4,8-9H,5-7H2/t8-,9+. The minimum absolute atomic E-state index is 0.199. The van der Waals surface area contributed by atoms with E-state index in [0.29, 0.717) is 6.07 Å². The number of hydrogen-bond acceptors (Lipinski definition) is 1. The number of hydrogen-bond donors (Lipinski definition) is 0. The Hall–Kier alpha value is -1.94. The van der Waals surface area contributed by atoms with Gasteiger partial charge in [0.25, 0.3) is 5.91 Å². The van der Waals surface area contributed by atoms with Crippen molar-refractivity contribution >= 4 is 5.91 Å². The lowest BCUT2D eigenvalue weighted by molar-refractivity contribution is -0.227. The van der Waals surface area contributed by atoms with Gasteiger partial charge in [0.15, 0.2) is 0 Å². The van der Waals surface area contributed by atoms with Crippen molar-refractivity contribution in [1.82, 2.24) is 4.90 Å². The van der Waals surface area contributed by atoms with Gasteiger partial charge in [0.1, 0.15) is 0 Å². The number of amides is 1. The molecule has 11 heteroatoms. The second-order valence-electron chi connectivity index (χ2n) is 5.97. The normalized spacial score (nSPS) is 22.4. The zero-order chi connectivity index (χ0) is 19.9. The Kier molecular flexibility index (Phi) is 5.22. The third-order valence-electron chi connectivity index (χ3n) is 4.13. The van der Waals surface area contributed by atoms with Gasteiger partial charge in [0, 0.05) is 13.1 Å². The van der Waals surface area contributed by atoms with Gasteiger partial charge in [-0.15, -0.1) is 0 Å². The van der Waals surface area contributed by atoms with Crippen LogP contribution in [0.1, 0.15) is 22.3 Å². The average Bonchev–Trinajstić information content (AvgIpc) is 2.51. The first-order valence-corrected chi connectivity index (χ1v) is 7.30. The Morgan fingerprint density at radius 1 is 0.846 bits per heavy atom. The summed E-state index contributed by atoms with van der Waals surface area (Å²) in [7, 11) is 0. The minimum atomic E-state index is -5.01. The van der Waals surface area contributed by atoms with E-state index in [9.17, 15) is 44.3 Å². The summed E-state index contributed by atoms with van der Waals surface area (Å²) in [5.74, 6) is -6.45. The van der Waals surface area contributed by atoms with E-state index in [1.165, 1.54) is 0 Å². The molecule has 0 aliphatic carbocycles. The molecule has 0 bridgehead atoms. The third kappa shape index (κ3) is 4.42. The summed E-state index contributed by atoms with van der Waals surface area (Å²) in [4.78, 5) is 12.5. The average molecular weight is 393 g/mol. The van der Waals surface area contributed by atoms with E-state index in [1.807, 2.05) is 0 Å². The molecule has 1 saturated heterocycles. The monoisotopic (exact) mass is 393 g/mol. The molecule has 1 fully saturated rings. The van der Waals surface area contributed by atoms with Gasteiger partial charge in [-0.3, -0.25) is 4.79 Å². The first-order valence-electron chi connectivity index (χ1n) is 7.30. The molecule has 0 saturated carbocycles. The van der Waals surface area contributed by atoms with E-state index in [-0.39, 0.29) is 4.90 Å². The van der Waals surface area contributed by atoms with Crippen molar-refractivity contribution in [3.8, 4) is 0 Å². The molecular weight excluding hydrogens is 381 g/mol. The van der Waals surface area contributed by atoms with Crippen LogP contribution in [0.4, 0.5) is 39.5 Å². The van der Waals surface area contributed by atoms with Crippen molar-refractivity contribution < 1.29 is 44.3 Å². The smallest absolute Gasteiger partial charge is 0.337 e. The summed E-state index contributed by atoms with van der Waals surface area (Å²) in [6, 6.07) is 3.28. The Morgan fingerprint density at radius 3 is 1.73 bits per heavy atom. The van der Waals surface area contributed by atoms with Gasteiger partial charge in [0.05, 0.1) is 23.0 Å². The van der Waals surface area contributed by atoms with E-state index in [2.05, 4.69) is 0 Å². The highest BCUT2D eigenvalue weighted by atomic mass is 19.4. The van der Waals surface area contributed by atoms with Crippen molar-refractivity contribution in [2.75, 3.05) is 13.1 Å². The Morgan fingerprint density at radius 2 is 1.31 bits per heavy atom. The Balaban J connectivity index is 2.39. The fourth-order valence-electron chi connectivity index (χ4n) is 2.83. The molecule has 2 rings (SSSR count). The van der Waals surface area contributed by atoms with Crippen molar-refractivity contribution in [3.63, 3.8) is 0 Å². The zero-order valence-corrected chi connectivity index (χ0v) is 12.8. The summed E-state index contributed by atoms with van der Waals surface area (Å²) in [5.41, 5.74) is -2.40. The quantitative estimate of drug-likeness (QED) is 0.621. The fourth-order valence-corrected chi connectivity index (χ4v) is 2.83. The number of carbonyl (C=O) groups excluding carboxylic acids is 1. The summed E-state index contributed by atoms with van der Waals surface area (Å²) in [5, 5.41) is 0. The van der Waals surface area contributed by atoms with Gasteiger partial charge in [-0.1, -0.05) is 12.1 Å². The fraction of sp³-hybridized carbons (Fsp3) is 0.533. The predicted molar refractivity (Wildman–Crippen MR) is 71.1 cm³/mol. The van der Waals surface area contributed by atoms with Crippen molar-refractivity contribution in [2.24, 2.45) is 11.8 Å². The largest absolute Gasteiger partial charge is 0.417 e. The van der Waals surface area contributed by atoms with Crippen LogP contribution in [0.2, 0.25) is 0 Å². The highest BCUT2D eigenvalue weighted by Gasteiger charge is 2.52. The molecule has 1 aliphatic rings. The number of halogens is 9. The highest BCUT2D eigenvalue weighted by molar-refractivity contribution is 5.96. The van der Waals surface area contributed by atoms with Gasteiger partial charge >= 0.3 is 18.5 Å². The number of piperidine rings is 1. The molecule has 2 nitrogen and oxygen atoms in total. The van der Waals surface area contributed by atoms with Gasteiger partial charge in [-0.25, -0.2) is 0 Å². The Bertz CT molecular complexity index is 640. The lowest BCUT2D eigenvalue weighted by Gasteiger charge is -2.39. The highest BCUT2D eigenvalue weighted by Crippen LogP contribution is 2.42. The number of nitrogens with zero attached hydrogens (tertiary/aromatic N) is 1. The van der Waals surface area contributed by atoms with E-state index >= 15 is 0 Å². The molecule has 1 aliphatic heterocycles. The summed E-state index contributed by atoms with van der Waals surface area (Å²) in [6.07, 6.45) is -16.3. The molecule has 0 aromatic heterocycles. The second kappa shape index (κ2) is 6.66. The van der Waals surface area contributed by atoms with Crippen LogP contribution in [0.5, 0.6) is 0 Å². The molecule has 146 valence electrons. The van der Waals surface area contributed by atoms with Crippen LogP contribution < -0.4 is 0 Å². The molecule has 1 heterocycles. The van der Waals surface area contributed by atoms with Gasteiger partial charge < -0.3 is 4.90 Å². The zero-order valence-electron chi connectivity index (χ0n) is 12.8. The Labute approximate surface area is 141 Å². The lowest BCUT2D eigenvalue weighted by atomic mass is 9.87. The number of likely N-dealkylation sites (tertiary alicyclic amines) is 1. The maximum atomic E-state index is 13.0. The number of alkyl halides is 9. The van der Waals surface area contributed by atoms with Gasteiger partial charge in [-0.05, 0) is 18.6 Å². The molecule has 0 spiro atoms. The van der Waals surface area contributed by atoms with Crippen LogP contribution in [0, 0.1) is 11.8 Å². The summed E-state index contributed by atoms with van der Waals surface area (Å²) in [6.45, 7) is -2.25. The molecule has 26 heavy (non-hydrogen) atoms. The van der Waals surface area contributed by atoms with Crippen LogP contribution in [0.3, 0.4) is 0 Å².